The lowest BCUT2D eigenvalue weighted by Crippen LogP contribution is -2.14. The fourth-order valence-corrected chi connectivity index (χ4v) is 2.43. The third kappa shape index (κ3) is 3.35. The maximum Gasteiger partial charge on any atom is 0.0673 e. The molecule has 3 nitrogen and oxygen atoms in total. The third-order valence-electron chi connectivity index (χ3n) is 2.61. The van der Waals surface area contributed by atoms with Crippen molar-refractivity contribution in [3.05, 3.63) is 45.4 Å². The van der Waals surface area contributed by atoms with E-state index in [0.717, 1.165) is 30.9 Å². The first kappa shape index (κ1) is 12.2. The summed E-state index contributed by atoms with van der Waals surface area (Å²) in [7, 11) is 0. The van der Waals surface area contributed by atoms with Gasteiger partial charge < -0.3 is 5.32 Å². The van der Waals surface area contributed by atoms with Crippen LogP contribution in [0, 0.1) is 6.92 Å². The highest BCUT2D eigenvalue weighted by Crippen LogP contribution is 2.10. The smallest absolute Gasteiger partial charge is 0.0673 e. The van der Waals surface area contributed by atoms with Gasteiger partial charge in [0, 0.05) is 18.0 Å². The number of aryl methyl sites for hydroxylation is 2. The minimum Gasteiger partial charge on any atom is -0.308 e. The molecule has 0 atom stereocenters. The van der Waals surface area contributed by atoms with Gasteiger partial charge in [-0.1, -0.05) is 13.0 Å². The second-order valence-electron chi connectivity index (χ2n) is 3.99. The molecule has 2 heterocycles. The van der Waals surface area contributed by atoms with Crippen molar-refractivity contribution in [3.8, 4) is 0 Å². The van der Waals surface area contributed by atoms with Crippen molar-refractivity contribution >= 4 is 11.3 Å². The molecule has 17 heavy (non-hydrogen) atoms. The number of hydrogen-bond donors (Lipinski definition) is 1. The molecule has 0 bridgehead atoms. The molecule has 0 aliphatic rings. The molecule has 2 aromatic heterocycles. The first-order chi connectivity index (χ1) is 8.29. The molecule has 90 valence electrons. The molecule has 0 radical (unpaired) electrons. The average molecular weight is 247 g/mol. The van der Waals surface area contributed by atoms with E-state index < -0.39 is 0 Å². The Kier molecular flexibility index (Phi) is 4.23. The SMILES string of the molecule is CCc1nnc(C)cc1CNCc1cccs1. The van der Waals surface area contributed by atoms with Crippen LogP contribution in [0.2, 0.25) is 0 Å². The van der Waals surface area contributed by atoms with Crippen molar-refractivity contribution < 1.29 is 0 Å². The first-order valence-corrected chi connectivity index (χ1v) is 6.72. The van der Waals surface area contributed by atoms with Crippen molar-refractivity contribution in [3.63, 3.8) is 0 Å². The normalized spacial score (nSPS) is 10.7. The van der Waals surface area contributed by atoms with Crippen molar-refractivity contribution in [1.82, 2.24) is 15.5 Å². The fraction of sp³-hybridized carbons (Fsp3) is 0.385. The van der Waals surface area contributed by atoms with Gasteiger partial charge in [0.25, 0.3) is 0 Å². The minimum atomic E-state index is 0.859. The van der Waals surface area contributed by atoms with Gasteiger partial charge in [0.15, 0.2) is 0 Å². The molecule has 4 heteroatoms. The Morgan fingerprint density at radius 1 is 1.29 bits per heavy atom. The molecule has 2 aromatic rings. The summed E-state index contributed by atoms with van der Waals surface area (Å²) in [6, 6.07) is 6.35. The summed E-state index contributed by atoms with van der Waals surface area (Å²) in [5, 5.41) is 13.9. The van der Waals surface area contributed by atoms with Crippen molar-refractivity contribution in [2.45, 2.75) is 33.4 Å². The molecule has 0 aromatic carbocycles. The van der Waals surface area contributed by atoms with Gasteiger partial charge >= 0.3 is 0 Å². The Morgan fingerprint density at radius 3 is 2.88 bits per heavy atom. The second-order valence-corrected chi connectivity index (χ2v) is 5.03. The zero-order valence-electron chi connectivity index (χ0n) is 10.2. The van der Waals surface area contributed by atoms with Crippen LogP contribution >= 0.6 is 11.3 Å². The molecule has 0 saturated carbocycles. The van der Waals surface area contributed by atoms with Crippen LogP contribution in [0.3, 0.4) is 0 Å². The largest absolute Gasteiger partial charge is 0.308 e. The van der Waals surface area contributed by atoms with Crippen LogP contribution < -0.4 is 5.32 Å². The molecule has 0 aliphatic heterocycles. The van der Waals surface area contributed by atoms with Gasteiger partial charge in [-0.2, -0.15) is 10.2 Å². The van der Waals surface area contributed by atoms with E-state index in [2.05, 4.69) is 46.0 Å². The van der Waals surface area contributed by atoms with Crippen LogP contribution in [0.25, 0.3) is 0 Å². The Bertz CT molecular complexity index is 466. The summed E-state index contributed by atoms with van der Waals surface area (Å²) in [5.74, 6) is 0. The molecular formula is C13H17N3S. The zero-order valence-corrected chi connectivity index (χ0v) is 11.0. The Morgan fingerprint density at radius 2 is 2.18 bits per heavy atom. The molecule has 2 rings (SSSR count). The summed E-state index contributed by atoms with van der Waals surface area (Å²) in [6.07, 6.45) is 0.934. The maximum absolute atomic E-state index is 4.22. The lowest BCUT2D eigenvalue weighted by Gasteiger charge is -2.08. The van der Waals surface area contributed by atoms with Gasteiger partial charge in [0.05, 0.1) is 11.4 Å². The average Bonchev–Trinajstić information content (AvgIpc) is 2.82. The summed E-state index contributed by atoms with van der Waals surface area (Å²) in [6.45, 7) is 5.87. The van der Waals surface area contributed by atoms with E-state index in [4.69, 9.17) is 0 Å². The summed E-state index contributed by atoms with van der Waals surface area (Å²) < 4.78 is 0. The van der Waals surface area contributed by atoms with E-state index in [1.807, 2.05) is 6.92 Å². The molecule has 0 spiro atoms. The van der Waals surface area contributed by atoms with Gasteiger partial charge in [-0.25, -0.2) is 0 Å². The summed E-state index contributed by atoms with van der Waals surface area (Å²) in [4.78, 5) is 1.36. The molecule has 1 N–H and O–H groups in total. The zero-order chi connectivity index (χ0) is 12.1. The molecule has 0 amide bonds. The minimum absolute atomic E-state index is 0.859. The second kappa shape index (κ2) is 5.89. The Labute approximate surface area is 106 Å². The van der Waals surface area contributed by atoms with Gasteiger partial charge in [0.2, 0.25) is 0 Å². The molecule has 0 aliphatic carbocycles. The number of thiophene rings is 1. The highest BCUT2D eigenvalue weighted by atomic mass is 32.1. The predicted molar refractivity (Wildman–Crippen MR) is 71.0 cm³/mol. The van der Waals surface area contributed by atoms with Crippen molar-refractivity contribution in [2.24, 2.45) is 0 Å². The van der Waals surface area contributed by atoms with E-state index in [1.54, 1.807) is 11.3 Å². The van der Waals surface area contributed by atoms with Crippen LogP contribution in [-0.2, 0) is 19.5 Å². The topological polar surface area (TPSA) is 37.8 Å². The number of nitrogens with zero attached hydrogens (tertiary/aromatic N) is 2. The van der Waals surface area contributed by atoms with Crippen LogP contribution in [0.4, 0.5) is 0 Å². The van der Waals surface area contributed by atoms with Gasteiger partial charge in [0.1, 0.15) is 0 Å². The monoisotopic (exact) mass is 247 g/mol. The number of rotatable bonds is 5. The van der Waals surface area contributed by atoms with E-state index >= 15 is 0 Å². The van der Waals surface area contributed by atoms with Crippen molar-refractivity contribution in [1.29, 1.82) is 0 Å². The van der Waals surface area contributed by atoms with E-state index in [-0.39, 0.29) is 0 Å². The van der Waals surface area contributed by atoms with Crippen LogP contribution in [-0.4, -0.2) is 10.2 Å². The van der Waals surface area contributed by atoms with Crippen LogP contribution in [0.5, 0.6) is 0 Å². The van der Waals surface area contributed by atoms with Gasteiger partial charge in [-0.15, -0.1) is 11.3 Å². The standard InChI is InChI=1S/C13H17N3S/c1-3-13-11(7-10(2)15-16-13)8-14-9-12-5-4-6-17-12/h4-7,14H,3,8-9H2,1-2H3. The van der Waals surface area contributed by atoms with E-state index in [0.29, 0.717) is 0 Å². The third-order valence-corrected chi connectivity index (χ3v) is 3.49. The van der Waals surface area contributed by atoms with Crippen LogP contribution in [0.1, 0.15) is 28.8 Å². The maximum atomic E-state index is 4.22. The predicted octanol–water partition coefficient (Wildman–Crippen LogP) is 2.70. The molecule has 0 fully saturated rings. The van der Waals surface area contributed by atoms with E-state index in [9.17, 15) is 0 Å². The lowest BCUT2D eigenvalue weighted by molar-refractivity contribution is 0.684. The molecular weight excluding hydrogens is 230 g/mol. The number of nitrogens with one attached hydrogen (secondary N) is 1. The van der Waals surface area contributed by atoms with Crippen LogP contribution in [0.15, 0.2) is 23.6 Å². The Hall–Kier alpha value is -1.26. The quantitative estimate of drug-likeness (QED) is 0.882. The fourth-order valence-electron chi connectivity index (χ4n) is 1.75. The summed E-state index contributed by atoms with van der Waals surface area (Å²) >= 11 is 1.78. The number of aromatic nitrogens is 2. The highest BCUT2D eigenvalue weighted by Gasteiger charge is 2.03. The van der Waals surface area contributed by atoms with Crippen molar-refractivity contribution in [2.75, 3.05) is 0 Å². The lowest BCUT2D eigenvalue weighted by atomic mass is 10.1. The number of hydrogen-bond acceptors (Lipinski definition) is 4. The molecule has 0 saturated heterocycles. The molecule has 0 unspecified atom stereocenters. The Balaban J connectivity index is 1.96. The van der Waals surface area contributed by atoms with Gasteiger partial charge in [-0.05, 0) is 36.4 Å². The highest BCUT2D eigenvalue weighted by molar-refractivity contribution is 7.09. The first-order valence-electron chi connectivity index (χ1n) is 5.84. The summed E-state index contributed by atoms with van der Waals surface area (Å²) in [5.41, 5.74) is 3.33. The van der Waals surface area contributed by atoms with Gasteiger partial charge in [-0.3, -0.25) is 0 Å². The van der Waals surface area contributed by atoms with E-state index in [1.165, 1.54) is 10.4 Å².